The van der Waals surface area contributed by atoms with Crippen LogP contribution in [0.15, 0.2) is 11.4 Å². The lowest BCUT2D eigenvalue weighted by Gasteiger charge is -2.36. The topological polar surface area (TPSA) is 50.3 Å². The number of anilines is 2. The normalized spacial score (nSPS) is 23.2. The summed E-state index contributed by atoms with van der Waals surface area (Å²) in [6.07, 6.45) is 0.454. The highest BCUT2D eigenvalue weighted by molar-refractivity contribution is 7.16. The first-order valence-electron chi connectivity index (χ1n) is 7.07. The second-order valence-corrected chi connectivity index (χ2v) is 6.10. The van der Waals surface area contributed by atoms with Crippen molar-refractivity contribution in [1.82, 2.24) is 9.97 Å². The van der Waals surface area contributed by atoms with E-state index in [-0.39, 0.29) is 12.2 Å². The van der Waals surface area contributed by atoms with E-state index in [4.69, 9.17) is 9.72 Å². The molecule has 1 saturated heterocycles. The molecule has 0 radical (unpaired) electrons. The van der Waals surface area contributed by atoms with Gasteiger partial charge >= 0.3 is 0 Å². The number of aromatic nitrogens is 2. The minimum atomic E-state index is 0.227. The summed E-state index contributed by atoms with van der Waals surface area (Å²) in [7, 11) is 0. The molecule has 0 aromatic carbocycles. The van der Waals surface area contributed by atoms with Gasteiger partial charge in [0.2, 0.25) is 5.95 Å². The molecular formula is C14H20N4OS. The smallest absolute Gasteiger partial charge is 0.226 e. The Bertz CT molecular complexity index is 590. The Balaban J connectivity index is 2.02. The molecule has 2 atom stereocenters. The van der Waals surface area contributed by atoms with Gasteiger partial charge in [-0.2, -0.15) is 4.98 Å². The van der Waals surface area contributed by atoms with Gasteiger partial charge in [-0.25, -0.2) is 4.98 Å². The summed E-state index contributed by atoms with van der Waals surface area (Å²) in [4.78, 5) is 12.6. The predicted octanol–water partition coefficient (Wildman–Crippen LogP) is 2.74. The number of fused-ring (bicyclic) bond motifs is 1. The lowest BCUT2D eigenvalue weighted by atomic mass is 10.2. The number of morpholine rings is 1. The summed E-state index contributed by atoms with van der Waals surface area (Å²) < 4.78 is 5.81. The first kappa shape index (κ1) is 13.6. The van der Waals surface area contributed by atoms with Crippen LogP contribution in [0.25, 0.3) is 10.2 Å². The number of nitrogens with one attached hydrogen (secondary N) is 1. The number of nitrogens with zero attached hydrogens (tertiary/aromatic N) is 3. The van der Waals surface area contributed by atoms with Gasteiger partial charge in [0, 0.05) is 19.6 Å². The third kappa shape index (κ3) is 2.58. The van der Waals surface area contributed by atoms with Crippen LogP contribution in [0.4, 0.5) is 11.8 Å². The fraction of sp³-hybridized carbons (Fsp3) is 0.571. The molecule has 20 heavy (non-hydrogen) atoms. The van der Waals surface area contributed by atoms with Crippen molar-refractivity contribution in [3.63, 3.8) is 0 Å². The van der Waals surface area contributed by atoms with Crippen LogP contribution in [0.3, 0.4) is 0 Å². The highest BCUT2D eigenvalue weighted by Gasteiger charge is 2.25. The Morgan fingerprint density at radius 3 is 2.80 bits per heavy atom. The maximum atomic E-state index is 5.81. The molecule has 1 N–H and O–H groups in total. The molecule has 0 bridgehead atoms. The second kappa shape index (κ2) is 5.54. The van der Waals surface area contributed by atoms with Gasteiger partial charge in [0.15, 0.2) is 0 Å². The summed E-state index contributed by atoms with van der Waals surface area (Å²) >= 11 is 1.66. The first-order valence-corrected chi connectivity index (χ1v) is 7.95. The Kier molecular flexibility index (Phi) is 3.76. The fourth-order valence-corrected chi connectivity index (χ4v) is 3.43. The van der Waals surface area contributed by atoms with Crippen LogP contribution in [0.1, 0.15) is 20.8 Å². The number of ether oxygens (including phenoxy) is 1. The van der Waals surface area contributed by atoms with Crippen LogP contribution in [-0.2, 0) is 4.74 Å². The molecule has 6 heteroatoms. The number of hydrogen-bond donors (Lipinski definition) is 1. The maximum Gasteiger partial charge on any atom is 0.226 e. The molecule has 0 saturated carbocycles. The van der Waals surface area contributed by atoms with Crippen molar-refractivity contribution in [2.45, 2.75) is 33.0 Å². The van der Waals surface area contributed by atoms with Gasteiger partial charge in [0.25, 0.3) is 0 Å². The SMILES string of the molecule is CCNc1nc(N2CC(C)OC(C)C2)c2ccsc2n1. The van der Waals surface area contributed by atoms with Crippen molar-refractivity contribution in [3.05, 3.63) is 11.4 Å². The number of thiophene rings is 1. The standard InChI is InChI=1S/C14H20N4OS/c1-4-15-14-16-12(11-5-6-20-13(11)17-14)18-7-9(2)19-10(3)8-18/h5-6,9-10H,4,7-8H2,1-3H3,(H,15,16,17). The first-order chi connectivity index (χ1) is 9.67. The van der Waals surface area contributed by atoms with Crippen LogP contribution in [0, 0.1) is 0 Å². The van der Waals surface area contributed by atoms with Gasteiger partial charge in [0.1, 0.15) is 10.6 Å². The summed E-state index contributed by atoms with van der Waals surface area (Å²) in [5.41, 5.74) is 0. The van der Waals surface area contributed by atoms with E-state index in [0.29, 0.717) is 5.95 Å². The predicted molar refractivity (Wildman–Crippen MR) is 83.8 cm³/mol. The quantitative estimate of drug-likeness (QED) is 0.942. The molecule has 108 valence electrons. The number of hydrogen-bond acceptors (Lipinski definition) is 6. The van der Waals surface area contributed by atoms with E-state index in [9.17, 15) is 0 Å². The molecule has 2 unspecified atom stereocenters. The summed E-state index contributed by atoms with van der Waals surface area (Å²) in [5, 5.41) is 6.43. The van der Waals surface area contributed by atoms with Crippen molar-refractivity contribution in [2.24, 2.45) is 0 Å². The third-order valence-electron chi connectivity index (χ3n) is 3.36. The van der Waals surface area contributed by atoms with E-state index in [0.717, 1.165) is 35.7 Å². The molecule has 2 aromatic heterocycles. The van der Waals surface area contributed by atoms with Gasteiger partial charge in [-0.1, -0.05) is 0 Å². The molecule has 1 aliphatic heterocycles. The Labute approximate surface area is 123 Å². The van der Waals surface area contributed by atoms with Crippen LogP contribution in [-0.4, -0.2) is 41.8 Å². The van der Waals surface area contributed by atoms with Crippen LogP contribution < -0.4 is 10.2 Å². The monoisotopic (exact) mass is 292 g/mol. The molecule has 3 rings (SSSR count). The Hall–Kier alpha value is -1.40. The van der Waals surface area contributed by atoms with E-state index in [2.05, 4.69) is 47.4 Å². The molecule has 0 aliphatic carbocycles. The van der Waals surface area contributed by atoms with E-state index >= 15 is 0 Å². The molecule has 2 aromatic rings. The molecule has 1 fully saturated rings. The molecule has 1 aliphatic rings. The van der Waals surface area contributed by atoms with Gasteiger partial charge in [0.05, 0.1) is 17.6 Å². The molecule has 0 amide bonds. The second-order valence-electron chi connectivity index (χ2n) is 5.20. The average Bonchev–Trinajstić information content (AvgIpc) is 2.85. The third-order valence-corrected chi connectivity index (χ3v) is 4.17. The van der Waals surface area contributed by atoms with Crippen LogP contribution >= 0.6 is 11.3 Å². The van der Waals surface area contributed by atoms with Crippen molar-refractivity contribution in [1.29, 1.82) is 0 Å². The lowest BCUT2D eigenvalue weighted by molar-refractivity contribution is -0.00536. The fourth-order valence-electron chi connectivity index (χ4n) is 2.67. The van der Waals surface area contributed by atoms with Crippen molar-refractivity contribution < 1.29 is 4.74 Å². The molecule has 3 heterocycles. The maximum absolute atomic E-state index is 5.81. The van der Waals surface area contributed by atoms with E-state index < -0.39 is 0 Å². The van der Waals surface area contributed by atoms with E-state index in [1.54, 1.807) is 11.3 Å². The minimum absolute atomic E-state index is 0.227. The minimum Gasteiger partial charge on any atom is -0.372 e. The van der Waals surface area contributed by atoms with Crippen molar-refractivity contribution in [2.75, 3.05) is 29.9 Å². The largest absolute Gasteiger partial charge is 0.372 e. The highest BCUT2D eigenvalue weighted by Crippen LogP contribution is 2.30. The van der Waals surface area contributed by atoms with Crippen molar-refractivity contribution in [3.8, 4) is 0 Å². The van der Waals surface area contributed by atoms with Gasteiger partial charge < -0.3 is 15.0 Å². The zero-order valence-electron chi connectivity index (χ0n) is 12.1. The number of rotatable bonds is 3. The Morgan fingerprint density at radius 2 is 2.10 bits per heavy atom. The van der Waals surface area contributed by atoms with Gasteiger partial charge in [-0.05, 0) is 32.2 Å². The van der Waals surface area contributed by atoms with Crippen LogP contribution in [0.2, 0.25) is 0 Å². The van der Waals surface area contributed by atoms with Crippen LogP contribution in [0.5, 0.6) is 0 Å². The summed E-state index contributed by atoms with van der Waals surface area (Å²) in [6.45, 7) is 8.85. The lowest BCUT2D eigenvalue weighted by Crippen LogP contribution is -2.46. The average molecular weight is 292 g/mol. The van der Waals surface area contributed by atoms with E-state index in [1.807, 2.05) is 0 Å². The summed E-state index contributed by atoms with van der Waals surface area (Å²) in [6, 6.07) is 2.11. The molecule has 5 nitrogen and oxygen atoms in total. The zero-order chi connectivity index (χ0) is 14.1. The highest BCUT2D eigenvalue weighted by atomic mass is 32.1. The van der Waals surface area contributed by atoms with E-state index in [1.165, 1.54) is 0 Å². The molecular weight excluding hydrogens is 272 g/mol. The molecule has 0 spiro atoms. The summed E-state index contributed by atoms with van der Waals surface area (Å²) in [5.74, 6) is 1.73. The van der Waals surface area contributed by atoms with Crippen molar-refractivity contribution >= 4 is 33.3 Å². The van der Waals surface area contributed by atoms with Gasteiger partial charge in [-0.15, -0.1) is 11.3 Å². The van der Waals surface area contributed by atoms with Gasteiger partial charge in [-0.3, -0.25) is 0 Å². The zero-order valence-corrected chi connectivity index (χ0v) is 12.9. The Morgan fingerprint density at radius 1 is 1.35 bits per heavy atom.